The third-order valence-corrected chi connectivity index (χ3v) is 5.21. The van der Waals surface area contributed by atoms with Crippen molar-refractivity contribution in [2.45, 2.75) is 26.9 Å². The molecule has 0 radical (unpaired) electrons. The van der Waals surface area contributed by atoms with Crippen LogP contribution in [0.3, 0.4) is 0 Å². The van der Waals surface area contributed by atoms with Crippen LogP contribution in [0.2, 0.25) is 0 Å². The van der Waals surface area contributed by atoms with Crippen LogP contribution >= 0.6 is 11.3 Å². The number of benzene rings is 1. The van der Waals surface area contributed by atoms with E-state index < -0.39 is 0 Å². The van der Waals surface area contributed by atoms with Gasteiger partial charge in [0.15, 0.2) is 0 Å². The predicted octanol–water partition coefficient (Wildman–Crippen LogP) is 2.40. The second kappa shape index (κ2) is 7.06. The number of carbonyl (C=O) groups excluding carboxylic acids is 1. The third kappa shape index (κ3) is 3.56. The first-order valence-corrected chi connectivity index (χ1v) is 8.66. The fourth-order valence-electron chi connectivity index (χ4n) is 2.58. The minimum Gasteiger partial charge on any atom is -0.497 e. The Labute approximate surface area is 149 Å². The van der Waals surface area contributed by atoms with E-state index in [0.29, 0.717) is 16.8 Å². The number of hydrogen-bond donors (Lipinski definition) is 1. The Bertz CT molecular complexity index is 991. The van der Waals surface area contributed by atoms with Gasteiger partial charge >= 0.3 is 0 Å². The normalized spacial score (nSPS) is 10.8. The van der Waals surface area contributed by atoms with Gasteiger partial charge in [-0.25, -0.2) is 4.98 Å². The van der Waals surface area contributed by atoms with Crippen molar-refractivity contribution in [2.75, 3.05) is 7.11 Å². The lowest BCUT2D eigenvalue weighted by Crippen LogP contribution is -2.32. The number of methoxy groups -OCH3 is 1. The molecule has 1 N–H and O–H groups in total. The molecule has 6 nitrogen and oxygen atoms in total. The van der Waals surface area contributed by atoms with Gasteiger partial charge in [-0.2, -0.15) is 0 Å². The molecule has 3 aromatic rings. The zero-order valence-corrected chi connectivity index (χ0v) is 15.1. The summed E-state index contributed by atoms with van der Waals surface area (Å²) >= 11 is 1.49. The molecule has 0 bridgehead atoms. The second-order valence-corrected chi connectivity index (χ2v) is 6.97. The SMILES string of the molecule is COc1cccc(CNC(=O)Cn2cnc3sc(C)c(C)c3c2=O)c1. The van der Waals surface area contributed by atoms with Crippen molar-refractivity contribution in [3.05, 3.63) is 57.0 Å². The third-order valence-electron chi connectivity index (χ3n) is 4.09. The molecule has 1 aromatic carbocycles. The van der Waals surface area contributed by atoms with Crippen molar-refractivity contribution >= 4 is 27.5 Å². The van der Waals surface area contributed by atoms with E-state index in [4.69, 9.17) is 4.74 Å². The van der Waals surface area contributed by atoms with Gasteiger partial charge in [-0.1, -0.05) is 12.1 Å². The highest BCUT2D eigenvalue weighted by Crippen LogP contribution is 2.25. The summed E-state index contributed by atoms with van der Waals surface area (Å²) in [5, 5.41) is 3.42. The van der Waals surface area contributed by atoms with Crippen LogP contribution in [0.25, 0.3) is 10.2 Å². The zero-order chi connectivity index (χ0) is 18.0. The van der Waals surface area contributed by atoms with Gasteiger partial charge in [-0.05, 0) is 37.1 Å². The van der Waals surface area contributed by atoms with E-state index in [1.54, 1.807) is 7.11 Å². The van der Waals surface area contributed by atoms with Crippen molar-refractivity contribution in [1.82, 2.24) is 14.9 Å². The number of aryl methyl sites for hydroxylation is 2. The van der Waals surface area contributed by atoms with Gasteiger partial charge in [0.1, 0.15) is 17.1 Å². The van der Waals surface area contributed by atoms with Crippen LogP contribution in [-0.2, 0) is 17.9 Å². The van der Waals surface area contributed by atoms with Crippen LogP contribution in [0.5, 0.6) is 5.75 Å². The van der Waals surface area contributed by atoms with Crippen LogP contribution in [0.15, 0.2) is 35.4 Å². The highest BCUT2D eigenvalue weighted by molar-refractivity contribution is 7.18. The van der Waals surface area contributed by atoms with Gasteiger partial charge in [0.05, 0.1) is 18.8 Å². The van der Waals surface area contributed by atoms with E-state index in [2.05, 4.69) is 10.3 Å². The molecule has 1 amide bonds. The monoisotopic (exact) mass is 357 g/mol. The summed E-state index contributed by atoms with van der Waals surface area (Å²) in [4.78, 5) is 30.9. The van der Waals surface area contributed by atoms with E-state index in [-0.39, 0.29) is 18.0 Å². The number of rotatable bonds is 5. The van der Waals surface area contributed by atoms with Gasteiger partial charge in [-0.3, -0.25) is 14.2 Å². The molecule has 7 heteroatoms. The van der Waals surface area contributed by atoms with E-state index in [9.17, 15) is 9.59 Å². The lowest BCUT2D eigenvalue weighted by Gasteiger charge is -2.08. The molecule has 0 saturated heterocycles. The number of thiophene rings is 1. The van der Waals surface area contributed by atoms with Crippen molar-refractivity contribution < 1.29 is 9.53 Å². The maximum absolute atomic E-state index is 12.6. The zero-order valence-electron chi connectivity index (χ0n) is 14.3. The fraction of sp³-hybridized carbons (Fsp3) is 0.278. The summed E-state index contributed by atoms with van der Waals surface area (Å²) < 4.78 is 6.51. The topological polar surface area (TPSA) is 73.2 Å². The van der Waals surface area contributed by atoms with E-state index in [0.717, 1.165) is 21.8 Å². The molecule has 0 aliphatic rings. The number of ether oxygens (including phenoxy) is 1. The Kier molecular flexibility index (Phi) is 4.85. The van der Waals surface area contributed by atoms with Gasteiger partial charge in [0, 0.05) is 11.4 Å². The molecular formula is C18H19N3O3S. The minimum absolute atomic E-state index is 0.0555. The summed E-state index contributed by atoms with van der Waals surface area (Å²) in [6.45, 7) is 4.19. The largest absolute Gasteiger partial charge is 0.497 e. The highest BCUT2D eigenvalue weighted by Gasteiger charge is 2.13. The average molecular weight is 357 g/mol. The molecule has 0 atom stereocenters. The number of hydrogen-bond acceptors (Lipinski definition) is 5. The Morgan fingerprint density at radius 1 is 1.36 bits per heavy atom. The average Bonchev–Trinajstić information content (AvgIpc) is 2.91. The molecule has 2 heterocycles. The van der Waals surface area contributed by atoms with Crippen LogP contribution in [-0.4, -0.2) is 22.6 Å². The molecule has 3 rings (SSSR count). The number of carbonyl (C=O) groups is 1. The maximum Gasteiger partial charge on any atom is 0.262 e. The van der Waals surface area contributed by atoms with Crippen LogP contribution in [0.4, 0.5) is 0 Å². The van der Waals surface area contributed by atoms with Gasteiger partial charge < -0.3 is 10.1 Å². The van der Waals surface area contributed by atoms with Crippen LogP contribution in [0.1, 0.15) is 16.0 Å². The predicted molar refractivity (Wildman–Crippen MR) is 98.2 cm³/mol. The summed E-state index contributed by atoms with van der Waals surface area (Å²) in [6.07, 6.45) is 1.44. The highest BCUT2D eigenvalue weighted by atomic mass is 32.1. The molecule has 0 spiro atoms. The lowest BCUT2D eigenvalue weighted by atomic mass is 10.2. The smallest absolute Gasteiger partial charge is 0.262 e. The minimum atomic E-state index is -0.240. The standard InChI is InChI=1S/C18H19N3O3S/c1-11-12(2)25-17-16(11)18(23)21(10-20-17)9-15(22)19-8-13-5-4-6-14(7-13)24-3/h4-7,10H,8-9H2,1-3H3,(H,19,22). The van der Waals surface area contributed by atoms with Crippen molar-refractivity contribution in [1.29, 1.82) is 0 Å². The van der Waals surface area contributed by atoms with E-state index in [1.165, 1.54) is 22.2 Å². The quantitative estimate of drug-likeness (QED) is 0.761. The first kappa shape index (κ1) is 17.2. The molecule has 2 aromatic heterocycles. The first-order valence-electron chi connectivity index (χ1n) is 7.84. The number of amides is 1. The van der Waals surface area contributed by atoms with Crippen molar-refractivity contribution in [3.63, 3.8) is 0 Å². The van der Waals surface area contributed by atoms with Gasteiger partial charge in [0.2, 0.25) is 5.91 Å². The van der Waals surface area contributed by atoms with Crippen LogP contribution < -0.4 is 15.6 Å². The van der Waals surface area contributed by atoms with Crippen molar-refractivity contribution in [3.8, 4) is 5.75 Å². The molecular weight excluding hydrogens is 338 g/mol. The lowest BCUT2D eigenvalue weighted by molar-refractivity contribution is -0.121. The van der Waals surface area contributed by atoms with Gasteiger partial charge in [0.25, 0.3) is 5.56 Å². The molecule has 0 aliphatic carbocycles. The first-order chi connectivity index (χ1) is 12.0. The fourth-order valence-corrected chi connectivity index (χ4v) is 3.56. The molecule has 0 saturated carbocycles. The summed E-state index contributed by atoms with van der Waals surface area (Å²) in [5.74, 6) is 0.497. The van der Waals surface area contributed by atoms with E-state index in [1.807, 2.05) is 38.1 Å². The summed E-state index contributed by atoms with van der Waals surface area (Å²) in [5.41, 5.74) is 1.69. The molecule has 25 heavy (non-hydrogen) atoms. The van der Waals surface area contributed by atoms with Gasteiger partial charge in [-0.15, -0.1) is 11.3 Å². The Balaban J connectivity index is 1.72. The summed E-state index contributed by atoms with van der Waals surface area (Å²) in [7, 11) is 1.60. The Hall–Kier alpha value is -2.67. The number of nitrogens with zero attached hydrogens (tertiary/aromatic N) is 2. The molecule has 0 aliphatic heterocycles. The second-order valence-electron chi connectivity index (χ2n) is 5.77. The number of fused-ring (bicyclic) bond motifs is 1. The number of nitrogens with one attached hydrogen (secondary N) is 1. The van der Waals surface area contributed by atoms with Crippen molar-refractivity contribution in [2.24, 2.45) is 0 Å². The Morgan fingerprint density at radius 3 is 2.92 bits per heavy atom. The Morgan fingerprint density at radius 2 is 2.16 bits per heavy atom. The molecule has 0 unspecified atom stereocenters. The van der Waals surface area contributed by atoms with Crippen LogP contribution in [0, 0.1) is 13.8 Å². The van der Waals surface area contributed by atoms with E-state index >= 15 is 0 Å². The molecule has 130 valence electrons. The molecule has 0 fully saturated rings. The maximum atomic E-state index is 12.6. The summed E-state index contributed by atoms with van der Waals surface area (Å²) in [6, 6.07) is 7.47. The number of aromatic nitrogens is 2.